The minimum Gasteiger partial charge on any atom is -0.315 e. The predicted octanol–water partition coefficient (Wildman–Crippen LogP) is 2.96. The fourth-order valence-corrected chi connectivity index (χ4v) is 3.50. The highest BCUT2D eigenvalue weighted by atomic mass is 16.2. The van der Waals surface area contributed by atoms with E-state index in [1.807, 2.05) is 36.4 Å². The molecule has 0 atom stereocenters. The van der Waals surface area contributed by atoms with Gasteiger partial charge in [0, 0.05) is 11.4 Å². The van der Waals surface area contributed by atoms with Gasteiger partial charge in [0.2, 0.25) is 0 Å². The van der Waals surface area contributed by atoms with Crippen molar-refractivity contribution in [2.45, 2.75) is 31.7 Å². The fourth-order valence-electron chi connectivity index (χ4n) is 3.50. The van der Waals surface area contributed by atoms with Crippen LogP contribution in [0.4, 0.5) is 0 Å². The Kier molecular flexibility index (Phi) is 2.70. The molecule has 4 nitrogen and oxygen atoms in total. The first-order valence-corrected chi connectivity index (χ1v) is 7.42. The fraction of sp³-hybridized carbons (Fsp3) is 0.294. The normalized spacial score (nSPS) is 16.0. The average molecular weight is 280 g/mol. The number of H-pyrrole nitrogens is 1. The summed E-state index contributed by atoms with van der Waals surface area (Å²) in [7, 11) is 0. The van der Waals surface area contributed by atoms with Crippen molar-refractivity contribution < 1.29 is 0 Å². The summed E-state index contributed by atoms with van der Waals surface area (Å²) in [6, 6.07) is 12.0. The SMILES string of the molecule is O=c1[nH]c2c3ccccc3ccc2n(C2CCCC2)c1=O. The Labute approximate surface area is 121 Å². The number of hydrogen-bond donors (Lipinski definition) is 1. The predicted molar refractivity (Wildman–Crippen MR) is 83.8 cm³/mol. The summed E-state index contributed by atoms with van der Waals surface area (Å²) in [5, 5.41) is 2.05. The van der Waals surface area contributed by atoms with E-state index >= 15 is 0 Å². The molecule has 4 rings (SSSR count). The molecule has 1 aliphatic carbocycles. The summed E-state index contributed by atoms with van der Waals surface area (Å²) >= 11 is 0. The van der Waals surface area contributed by atoms with Crippen LogP contribution in [0.15, 0.2) is 46.0 Å². The maximum Gasteiger partial charge on any atom is 0.316 e. The largest absolute Gasteiger partial charge is 0.316 e. The molecule has 1 aliphatic rings. The van der Waals surface area contributed by atoms with Crippen molar-refractivity contribution in [3.05, 3.63) is 57.1 Å². The van der Waals surface area contributed by atoms with Gasteiger partial charge in [-0.1, -0.05) is 43.2 Å². The highest BCUT2D eigenvalue weighted by Gasteiger charge is 2.21. The molecule has 0 amide bonds. The molecule has 0 radical (unpaired) electrons. The standard InChI is InChI=1S/C17H16N2O2/c20-16-17(21)19(12-6-2-3-7-12)14-10-9-11-5-1-4-8-13(11)15(14)18-16/h1,4-5,8-10,12H,2-3,6-7H2,(H,18,20). The first kappa shape index (κ1) is 12.4. The molecule has 0 bridgehead atoms. The van der Waals surface area contributed by atoms with Crippen LogP contribution < -0.4 is 11.1 Å². The van der Waals surface area contributed by atoms with Crippen LogP contribution in [0.2, 0.25) is 0 Å². The van der Waals surface area contributed by atoms with Crippen LogP contribution in [0.1, 0.15) is 31.7 Å². The van der Waals surface area contributed by atoms with Gasteiger partial charge in [-0.3, -0.25) is 14.2 Å². The minimum atomic E-state index is -0.522. The van der Waals surface area contributed by atoms with E-state index < -0.39 is 11.1 Å². The third-order valence-electron chi connectivity index (χ3n) is 4.51. The van der Waals surface area contributed by atoms with Crippen molar-refractivity contribution in [3.63, 3.8) is 0 Å². The molecule has 0 saturated heterocycles. The monoisotopic (exact) mass is 280 g/mol. The Hall–Kier alpha value is -2.36. The lowest BCUT2D eigenvalue weighted by atomic mass is 10.1. The van der Waals surface area contributed by atoms with Crippen molar-refractivity contribution in [2.75, 3.05) is 0 Å². The van der Waals surface area contributed by atoms with E-state index in [0.29, 0.717) is 0 Å². The van der Waals surface area contributed by atoms with E-state index in [4.69, 9.17) is 0 Å². The molecule has 0 aliphatic heterocycles. The van der Waals surface area contributed by atoms with E-state index in [1.165, 1.54) is 0 Å². The molecule has 1 heterocycles. The summed E-state index contributed by atoms with van der Waals surface area (Å²) in [6.07, 6.45) is 4.20. The van der Waals surface area contributed by atoms with Crippen molar-refractivity contribution in [1.82, 2.24) is 9.55 Å². The lowest BCUT2D eigenvalue weighted by molar-refractivity contribution is 0.515. The highest BCUT2D eigenvalue weighted by Crippen LogP contribution is 2.31. The van der Waals surface area contributed by atoms with Crippen LogP contribution in [0.25, 0.3) is 21.8 Å². The summed E-state index contributed by atoms with van der Waals surface area (Å²) in [5.41, 5.74) is 0.658. The maximum atomic E-state index is 12.3. The van der Waals surface area contributed by atoms with Crippen molar-refractivity contribution in [3.8, 4) is 0 Å². The Bertz CT molecular complexity index is 946. The molecule has 106 valence electrons. The Morgan fingerprint density at radius 1 is 1.00 bits per heavy atom. The maximum absolute atomic E-state index is 12.3. The average Bonchev–Trinajstić information content (AvgIpc) is 3.02. The molecule has 3 aromatic rings. The van der Waals surface area contributed by atoms with Gasteiger partial charge in [-0.05, 0) is 24.3 Å². The first-order valence-electron chi connectivity index (χ1n) is 7.42. The first-order chi connectivity index (χ1) is 10.3. The molecule has 1 saturated carbocycles. The van der Waals surface area contributed by atoms with Gasteiger partial charge in [0.1, 0.15) is 0 Å². The van der Waals surface area contributed by atoms with E-state index in [2.05, 4.69) is 4.98 Å². The van der Waals surface area contributed by atoms with Crippen molar-refractivity contribution in [1.29, 1.82) is 0 Å². The number of rotatable bonds is 1. The molecule has 1 fully saturated rings. The van der Waals surface area contributed by atoms with Gasteiger partial charge >= 0.3 is 11.1 Å². The van der Waals surface area contributed by atoms with Crippen molar-refractivity contribution >= 4 is 21.8 Å². The number of hydrogen-bond acceptors (Lipinski definition) is 2. The molecule has 4 heteroatoms. The number of fused-ring (bicyclic) bond motifs is 3. The lowest BCUT2D eigenvalue weighted by Gasteiger charge is -2.17. The summed E-state index contributed by atoms with van der Waals surface area (Å²) in [4.78, 5) is 27.2. The number of nitrogens with one attached hydrogen (secondary N) is 1. The number of aromatic nitrogens is 2. The Morgan fingerprint density at radius 3 is 2.57 bits per heavy atom. The minimum absolute atomic E-state index is 0.156. The van der Waals surface area contributed by atoms with Gasteiger partial charge in [0.05, 0.1) is 11.0 Å². The zero-order valence-electron chi connectivity index (χ0n) is 11.6. The third-order valence-corrected chi connectivity index (χ3v) is 4.51. The lowest BCUT2D eigenvalue weighted by Crippen LogP contribution is -2.37. The van der Waals surface area contributed by atoms with Gasteiger partial charge < -0.3 is 4.98 Å². The van der Waals surface area contributed by atoms with E-state index in [0.717, 1.165) is 47.5 Å². The summed E-state index contributed by atoms with van der Waals surface area (Å²) in [6.45, 7) is 0. The quantitative estimate of drug-likeness (QED) is 0.550. The van der Waals surface area contributed by atoms with Gasteiger partial charge in [-0.25, -0.2) is 0 Å². The Balaban J connectivity index is 2.17. The second kappa shape index (κ2) is 4.58. The highest BCUT2D eigenvalue weighted by molar-refractivity contribution is 6.03. The zero-order valence-corrected chi connectivity index (χ0v) is 11.6. The molecule has 1 N–H and O–H groups in total. The molecule has 1 aromatic heterocycles. The molecule has 2 aromatic carbocycles. The smallest absolute Gasteiger partial charge is 0.315 e. The molecular formula is C17H16N2O2. The van der Waals surface area contributed by atoms with Gasteiger partial charge in [0.15, 0.2) is 0 Å². The van der Waals surface area contributed by atoms with Gasteiger partial charge in [-0.15, -0.1) is 0 Å². The molecule has 0 unspecified atom stereocenters. The van der Waals surface area contributed by atoms with Crippen LogP contribution in [-0.2, 0) is 0 Å². The van der Waals surface area contributed by atoms with Crippen molar-refractivity contribution in [2.24, 2.45) is 0 Å². The van der Waals surface area contributed by atoms with Crippen LogP contribution >= 0.6 is 0 Å². The zero-order chi connectivity index (χ0) is 14.4. The van der Waals surface area contributed by atoms with E-state index in [-0.39, 0.29) is 6.04 Å². The second-order valence-corrected chi connectivity index (χ2v) is 5.75. The molecule has 0 spiro atoms. The second-order valence-electron chi connectivity index (χ2n) is 5.75. The number of aromatic amines is 1. The number of nitrogens with zero attached hydrogens (tertiary/aromatic N) is 1. The Morgan fingerprint density at radius 2 is 1.76 bits per heavy atom. The molecule has 21 heavy (non-hydrogen) atoms. The summed E-state index contributed by atoms with van der Waals surface area (Å²) < 4.78 is 1.72. The molecular weight excluding hydrogens is 264 g/mol. The van der Waals surface area contributed by atoms with E-state index in [9.17, 15) is 9.59 Å². The van der Waals surface area contributed by atoms with Crippen LogP contribution in [-0.4, -0.2) is 9.55 Å². The van der Waals surface area contributed by atoms with E-state index in [1.54, 1.807) is 4.57 Å². The number of benzene rings is 2. The summed E-state index contributed by atoms with van der Waals surface area (Å²) in [5.74, 6) is 0. The van der Waals surface area contributed by atoms with Crippen LogP contribution in [0, 0.1) is 0 Å². The van der Waals surface area contributed by atoms with Gasteiger partial charge in [-0.2, -0.15) is 0 Å². The topological polar surface area (TPSA) is 54.9 Å². The van der Waals surface area contributed by atoms with Crippen LogP contribution in [0.5, 0.6) is 0 Å². The third kappa shape index (κ3) is 1.82. The van der Waals surface area contributed by atoms with Gasteiger partial charge in [0.25, 0.3) is 0 Å². The van der Waals surface area contributed by atoms with Crippen LogP contribution in [0.3, 0.4) is 0 Å².